The molecule has 0 aromatic carbocycles. The highest BCUT2D eigenvalue weighted by molar-refractivity contribution is 5.66. The zero-order chi connectivity index (χ0) is 23.3. The van der Waals surface area contributed by atoms with Gasteiger partial charge >= 0.3 is 5.97 Å². The third-order valence-corrected chi connectivity index (χ3v) is 10.6. The van der Waals surface area contributed by atoms with E-state index in [0.717, 1.165) is 37.0 Å². The molecular formula is C29H48O3. The predicted octanol–water partition coefficient (Wildman–Crippen LogP) is 6.93. The Morgan fingerprint density at radius 1 is 1.09 bits per heavy atom. The summed E-state index contributed by atoms with van der Waals surface area (Å²) in [6.07, 6.45) is 13.9. The van der Waals surface area contributed by atoms with Crippen LogP contribution >= 0.6 is 0 Å². The maximum atomic E-state index is 12.1. The Labute approximate surface area is 196 Å². The van der Waals surface area contributed by atoms with Crippen LogP contribution in [0.5, 0.6) is 0 Å². The summed E-state index contributed by atoms with van der Waals surface area (Å²) in [7, 11) is 0. The van der Waals surface area contributed by atoms with E-state index in [-0.39, 0.29) is 23.6 Å². The lowest BCUT2D eigenvalue weighted by Crippen LogP contribution is -2.55. The number of esters is 1. The Bertz CT molecular complexity index is 726. The van der Waals surface area contributed by atoms with Crippen LogP contribution in [0.1, 0.15) is 106 Å². The van der Waals surface area contributed by atoms with Crippen LogP contribution in [-0.4, -0.2) is 23.3 Å². The average molecular weight is 445 g/mol. The van der Waals surface area contributed by atoms with Gasteiger partial charge in [0.25, 0.3) is 0 Å². The van der Waals surface area contributed by atoms with Crippen molar-refractivity contribution in [3.63, 3.8) is 0 Å². The molecule has 0 radical (unpaired) electrons. The lowest BCUT2D eigenvalue weighted by atomic mass is 9.46. The molecule has 0 aromatic heterocycles. The van der Waals surface area contributed by atoms with Crippen LogP contribution in [0.3, 0.4) is 0 Å². The standard InChI is InChI=1S/C29H48O3/c1-18(2)8-7-9-19(3)23-10-11-24-27-25(13-15-29(23,24)6)28(5)14-12-22(31)16-21(28)17-26(27)32-20(4)30/h17-19,22-27,31H,7-16H2,1-6H3/t19-,22?,23-,24+,25+,26?,27+,28+,29-/m1/s1. The number of hydrogen-bond acceptors (Lipinski definition) is 3. The van der Waals surface area contributed by atoms with Crippen molar-refractivity contribution >= 4 is 5.97 Å². The highest BCUT2D eigenvalue weighted by atomic mass is 16.5. The number of rotatable bonds is 6. The Morgan fingerprint density at radius 2 is 1.84 bits per heavy atom. The molecule has 4 aliphatic rings. The van der Waals surface area contributed by atoms with Gasteiger partial charge in [0.2, 0.25) is 0 Å². The van der Waals surface area contributed by atoms with Crippen LogP contribution < -0.4 is 0 Å². The molecule has 3 fully saturated rings. The molecule has 4 aliphatic carbocycles. The van der Waals surface area contributed by atoms with E-state index >= 15 is 0 Å². The molecule has 4 rings (SSSR count). The molecule has 1 N–H and O–H groups in total. The summed E-state index contributed by atoms with van der Waals surface area (Å²) >= 11 is 0. The molecule has 3 heteroatoms. The van der Waals surface area contributed by atoms with E-state index in [1.165, 1.54) is 50.5 Å². The first-order valence-electron chi connectivity index (χ1n) is 13.6. The molecule has 2 unspecified atom stereocenters. The van der Waals surface area contributed by atoms with Crippen molar-refractivity contribution in [1.82, 2.24) is 0 Å². The maximum Gasteiger partial charge on any atom is 0.303 e. The van der Waals surface area contributed by atoms with Crippen molar-refractivity contribution in [2.24, 2.45) is 46.3 Å². The highest BCUT2D eigenvalue weighted by Crippen LogP contribution is 2.67. The van der Waals surface area contributed by atoms with E-state index in [0.29, 0.717) is 23.2 Å². The van der Waals surface area contributed by atoms with E-state index < -0.39 is 0 Å². The first kappa shape index (κ1) is 24.3. The van der Waals surface area contributed by atoms with Gasteiger partial charge in [-0.25, -0.2) is 0 Å². The molecule has 3 nitrogen and oxygen atoms in total. The third kappa shape index (κ3) is 4.21. The molecule has 0 heterocycles. The summed E-state index contributed by atoms with van der Waals surface area (Å²) in [5.74, 6) is 3.88. The van der Waals surface area contributed by atoms with Gasteiger partial charge in [0.15, 0.2) is 0 Å². The normalized spacial score (nSPS) is 44.3. The minimum absolute atomic E-state index is 0.106. The first-order valence-corrected chi connectivity index (χ1v) is 13.6. The number of carbonyl (C=O) groups is 1. The fourth-order valence-electron chi connectivity index (χ4n) is 8.93. The van der Waals surface area contributed by atoms with Crippen LogP contribution in [0.4, 0.5) is 0 Å². The molecule has 0 bridgehead atoms. The van der Waals surface area contributed by atoms with Crippen LogP contribution in [-0.2, 0) is 9.53 Å². The molecule has 9 atom stereocenters. The maximum absolute atomic E-state index is 12.1. The van der Waals surface area contributed by atoms with Gasteiger partial charge in [0.1, 0.15) is 6.10 Å². The number of carbonyl (C=O) groups excluding carboxylic acids is 1. The number of aliphatic hydroxyl groups excluding tert-OH is 1. The first-order chi connectivity index (χ1) is 15.1. The highest BCUT2D eigenvalue weighted by Gasteiger charge is 2.61. The molecule has 0 saturated heterocycles. The Balaban J connectivity index is 1.60. The molecule has 0 spiro atoms. The second kappa shape index (κ2) is 9.08. The zero-order valence-corrected chi connectivity index (χ0v) is 21.5. The summed E-state index contributed by atoms with van der Waals surface area (Å²) in [6.45, 7) is 13.8. The van der Waals surface area contributed by atoms with Gasteiger partial charge in [-0.15, -0.1) is 0 Å². The van der Waals surface area contributed by atoms with Crippen molar-refractivity contribution in [3.8, 4) is 0 Å². The minimum Gasteiger partial charge on any atom is -0.458 e. The summed E-state index contributed by atoms with van der Waals surface area (Å²) in [4.78, 5) is 12.1. The van der Waals surface area contributed by atoms with Gasteiger partial charge in [-0.1, -0.05) is 59.5 Å². The van der Waals surface area contributed by atoms with Crippen molar-refractivity contribution in [2.75, 3.05) is 0 Å². The molecule has 0 amide bonds. The van der Waals surface area contributed by atoms with Gasteiger partial charge in [-0.3, -0.25) is 4.79 Å². The van der Waals surface area contributed by atoms with E-state index in [4.69, 9.17) is 4.74 Å². The fraction of sp³-hybridized carbons (Fsp3) is 0.897. The van der Waals surface area contributed by atoms with Crippen molar-refractivity contribution in [2.45, 2.75) is 118 Å². The number of fused-ring (bicyclic) bond motifs is 5. The van der Waals surface area contributed by atoms with Crippen molar-refractivity contribution in [1.29, 1.82) is 0 Å². The Kier molecular flexibility index (Phi) is 6.90. The van der Waals surface area contributed by atoms with Crippen LogP contribution in [0.25, 0.3) is 0 Å². The van der Waals surface area contributed by atoms with E-state index in [9.17, 15) is 9.90 Å². The van der Waals surface area contributed by atoms with Gasteiger partial charge in [0.05, 0.1) is 6.10 Å². The summed E-state index contributed by atoms with van der Waals surface area (Å²) in [5.41, 5.74) is 1.90. The summed E-state index contributed by atoms with van der Waals surface area (Å²) in [6, 6.07) is 0. The number of hydrogen-bond donors (Lipinski definition) is 1. The fourth-order valence-corrected chi connectivity index (χ4v) is 8.93. The molecule has 3 saturated carbocycles. The van der Waals surface area contributed by atoms with Crippen molar-refractivity contribution < 1.29 is 14.6 Å². The Hall–Kier alpha value is -0.830. The van der Waals surface area contributed by atoms with Gasteiger partial charge in [-0.05, 0) is 91.4 Å². The smallest absolute Gasteiger partial charge is 0.303 e. The third-order valence-electron chi connectivity index (χ3n) is 10.6. The van der Waals surface area contributed by atoms with Crippen molar-refractivity contribution in [3.05, 3.63) is 11.6 Å². The predicted molar refractivity (Wildman–Crippen MR) is 130 cm³/mol. The van der Waals surface area contributed by atoms with Gasteiger partial charge in [0, 0.05) is 12.8 Å². The zero-order valence-electron chi connectivity index (χ0n) is 21.5. The van der Waals surface area contributed by atoms with Gasteiger partial charge in [-0.2, -0.15) is 0 Å². The van der Waals surface area contributed by atoms with E-state index in [2.05, 4.69) is 40.7 Å². The SMILES string of the molecule is CC(=O)OC1C=C2CC(O)CC[C@]2(C)[C@H]2CC[C@]3(C)[C@@H]([C@H](C)CCCC(C)C)CC[C@H]3[C@H]12. The monoisotopic (exact) mass is 444 g/mol. The second-order valence-corrected chi connectivity index (χ2v) is 12.9. The van der Waals surface area contributed by atoms with Crippen LogP contribution in [0.2, 0.25) is 0 Å². The lowest BCUT2D eigenvalue weighted by Gasteiger charge is -2.59. The average Bonchev–Trinajstić information content (AvgIpc) is 3.05. The Morgan fingerprint density at radius 3 is 2.53 bits per heavy atom. The quantitative estimate of drug-likeness (QED) is 0.357. The largest absolute Gasteiger partial charge is 0.458 e. The van der Waals surface area contributed by atoms with Crippen LogP contribution in [0.15, 0.2) is 11.6 Å². The molecular weight excluding hydrogens is 396 g/mol. The summed E-state index contributed by atoms with van der Waals surface area (Å²) < 4.78 is 6.03. The van der Waals surface area contributed by atoms with Gasteiger partial charge < -0.3 is 9.84 Å². The number of aliphatic hydroxyl groups is 1. The second-order valence-electron chi connectivity index (χ2n) is 12.9. The molecule has 0 aliphatic heterocycles. The van der Waals surface area contributed by atoms with E-state index in [1.54, 1.807) is 6.92 Å². The molecule has 32 heavy (non-hydrogen) atoms. The molecule has 182 valence electrons. The number of ether oxygens (including phenoxy) is 1. The lowest BCUT2D eigenvalue weighted by molar-refractivity contribution is -0.158. The summed E-state index contributed by atoms with van der Waals surface area (Å²) in [5, 5.41) is 10.4. The minimum atomic E-state index is -0.236. The topological polar surface area (TPSA) is 46.5 Å². The van der Waals surface area contributed by atoms with Crippen LogP contribution in [0, 0.1) is 46.3 Å². The molecule has 0 aromatic rings. The van der Waals surface area contributed by atoms with E-state index in [1.807, 2.05) is 0 Å².